The summed E-state index contributed by atoms with van der Waals surface area (Å²) in [5.74, 6) is -1.14. The van der Waals surface area contributed by atoms with Crippen molar-refractivity contribution in [3.8, 4) is 11.6 Å². The minimum absolute atomic E-state index is 0.0151. The van der Waals surface area contributed by atoms with Gasteiger partial charge >= 0.3 is 5.97 Å². The van der Waals surface area contributed by atoms with E-state index in [9.17, 15) is 9.18 Å². The lowest BCUT2D eigenvalue weighted by molar-refractivity contribution is 0.0693. The smallest absolute Gasteiger partial charge is 0.343 e. The fourth-order valence-electron chi connectivity index (χ4n) is 1.66. The zero-order valence-electron chi connectivity index (χ0n) is 10.1. The number of rotatable bonds is 3. The monoisotopic (exact) mass is 328 g/mol. The first kappa shape index (κ1) is 13.5. The van der Waals surface area contributed by atoms with E-state index in [1.165, 1.54) is 22.9 Å². The zero-order chi connectivity index (χ0) is 14.2. The summed E-state index contributed by atoms with van der Waals surface area (Å²) in [7, 11) is 1.58. The number of aromatic nitrogens is 2. The molecular formula is C12H10BrFN2O3. The lowest BCUT2D eigenvalue weighted by Gasteiger charge is -2.08. The molecule has 1 aromatic carbocycles. The maximum atomic E-state index is 13.0. The molecule has 0 spiro atoms. The fourth-order valence-corrected chi connectivity index (χ4v) is 2.09. The van der Waals surface area contributed by atoms with Crippen molar-refractivity contribution in [1.82, 2.24) is 9.78 Å². The predicted octanol–water partition coefficient (Wildman–Crippen LogP) is 3.12. The van der Waals surface area contributed by atoms with Crippen LogP contribution < -0.4 is 4.74 Å². The van der Waals surface area contributed by atoms with Crippen LogP contribution in [0.4, 0.5) is 4.39 Å². The minimum Gasteiger partial charge on any atom is -0.477 e. The van der Waals surface area contributed by atoms with Gasteiger partial charge in [-0.3, -0.25) is 0 Å². The zero-order valence-corrected chi connectivity index (χ0v) is 11.7. The van der Waals surface area contributed by atoms with E-state index in [1.807, 2.05) is 0 Å². The second-order valence-corrected chi connectivity index (χ2v) is 4.73. The van der Waals surface area contributed by atoms with Crippen LogP contribution in [-0.4, -0.2) is 20.9 Å². The molecule has 0 fully saturated rings. The van der Waals surface area contributed by atoms with E-state index in [0.29, 0.717) is 15.9 Å². The third kappa shape index (κ3) is 2.60. The van der Waals surface area contributed by atoms with Crippen LogP contribution in [0.5, 0.6) is 11.6 Å². The number of aromatic carboxylic acids is 1. The number of hydrogen-bond donors (Lipinski definition) is 1. The molecule has 0 saturated carbocycles. The average Bonchev–Trinajstić information content (AvgIpc) is 2.57. The summed E-state index contributed by atoms with van der Waals surface area (Å²) < 4.78 is 20.2. The Bertz CT molecular complexity index is 655. The van der Waals surface area contributed by atoms with Crippen molar-refractivity contribution < 1.29 is 19.0 Å². The predicted molar refractivity (Wildman–Crippen MR) is 69.1 cm³/mol. The van der Waals surface area contributed by atoms with Crippen LogP contribution in [0.1, 0.15) is 16.1 Å². The lowest BCUT2D eigenvalue weighted by Crippen LogP contribution is -2.02. The van der Waals surface area contributed by atoms with E-state index in [1.54, 1.807) is 14.0 Å². The normalized spacial score (nSPS) is 10.5. The summed E-state index contributed by atoms with van der Waals surface area (Å²) in [4.78, 5) is 11.2. The van der Waals surface area contributed by atoms with Gasteiger partial charge in [-0.05, 0) is 41.1 Å². The highest BCUT2D eigenvalue weighted by Gasteiger charge is 2.22. The summed E-state index contributed by atoms with van der Waals surface area (Å²) in [5, 5.41) is 13.1. The first-order chi connectivity index (χ1) is 8.90. The van der Waals surface area contributed by atoms with Gasteiger partial charge in [-0.1, -0.05) is 0 Å². The molecule has 0 aliphatic heterocycles. The molecule has 0 aliphatic rings. The molecule has 19 heavy (non-hydrogen) atoms. The number of aryl methyl sites for hydroxylation is 2. The molecule has 1 aromatic heterocycles. The topological polar surface area (TPSA) is 64.4 Å². The second-order valence-electron chi connectivity index (χ2n) is 3.87. The van der Waals surface area contributed by atoms with Gasteiger partial charge in [0.05, 0.1) is 10.2 Å². The first-order valence-corrected chi connectivity index (χ1v) is 6.09. The maximum absolute atomic E-state index is 13.0. The molecule has 1 heterocycles. The summed E-state index contributed by atoms with van der Waals surface area (Å²) in [6, 6.07) is 3.87. The Morgan fingerprint density at radius 1 is 1.53 bits per heavy atom. The highest BCUT2D eigenvalue weighted by atomic mass is 79.9. The molecule has 0 radical (unpaired) electrons. The molecule has 7 heteroatoms. The molecule has 0 bridgehead atoms. The molecule has 0 aliphatic carbocycles. The van der Waals surface area contributed by atoms with E-state index < -0.39 is 11.8 Å². The van der Waals surface area contributed by atoms with Crippen LogP contribution in [-0.2, 0) is 7.05 Å². The number of halogens is 2. The van der Waals surface area contributed by atoms with Gasteiger partial charge in [0.25, 0.3) is 0 Å². The van der Waals surface area contributed by atoms with Crippen molar-refractivity contribution in [3.05, 3.63) is 39.7 Å². The van der Waals surface area contributed by atoms with E-state index in [4.69, 9.17) is 9.84 Å². The van der Waals surface area contributed by atoms with Crippen molar-refractivity contribution >= 4 is 21.9 Å². The Balaban J connectivity index is 2.46. The highest BCUT2D eigenvalue weighted by molar-refractivity contribution is 9.10. The van der Waals surface area contributed by atoms with Crippen molar-refractivity contribution in [2.45, 2.75) is 6.92 Å². The summed E-state index contributed by atoms with van der Waals surface area (Å²) in [6.07, 6.45) is 0. The van der Waals surface area contributed by atoms with Gasteiger partial charge in [-0.25, -0.2) is 13.9 Å². The fraction of sp³-hybridized carbons (Fsp3) is 0.167. The van der Waals surface area contributed by atoms with E-state index in [-0.39, 0.29) is 11.4 Å². The third-order valence-corrected chi connectivity index (χ3v) is 3.10. The molecule has 2 rings (SSSR count). The van der Waals surface area contributed by atoms with Crippen molar-refractivity contribution in [3.63, 3.8) is 0 Å². The Hall–Kier alpha value is -1.89. The molecule has 0 saturated heterocycles. The van der Waals surface area contributed by atoms with Crippen LogP contribution in [0.25, 0.3) is 0 Å². The first-order valence-electron chi connectivity index (χ1n) is 5.30. The molecule has 0 amide bonds. The number of ether oxygens (including phenoxy) is 1. The van der Waals surface area contributed by atoms with Gasteiger partial charge in [0.15, 0.2) is 0 Å². The number of carboxylic acid groups (broad SMARTS) is 1. The molecule has 100 valence electrons. The van der Waals surface area contributed by atoms with Gasteiger partial charge in [-0.2, -0.15) is 5.10 Å². The van der Waals surface area contributed by atoms with Crippen LogP contribution in [0, 0.1) is 12.7 Å². The van der Waals surface area contributed by atoms with E-state index >= 15 is 0 Å². The van der Waals surface area contributed by atoms with Crippen molar-refractivity contribution in [1.29, 1.82) is 0 Å². The van der Waals surface area contributed by atoms with E-state index in [2.05, 4.69) is 21.0 Å². The van der Waals surface area contributed by atoms with Crippen LogP contribution in [0.2, 0.25) is 0 Å². The van der Waals surface area contributed by atoms with Gasteiger partial charge in [0.2, 0.25) is 5.88 Å². The Kier molecular flexibility index (Phi) is 3.57. The maximum Gasteiger partial charge on any atom is 0.343 e. The summed E-state index contributed by atoms with van der Waals surface area (Å²) >= 11 is 3.16. The van der Waals surface area contributed by atoms with Crippen molar-refractivity contribution in [2.24, 2.45) is 7.05 Å². The molecule has 1 N–H and O–H groups in total. The number of hydrogen-bond acceptors (Lipinski definition) is 3. The third-order valence-electron chi connectivity index (χ3n) is 2.48. The Morgan fingerprint density at radius 3 is 2.79 bits per heavy atom. The van der Waals surface area contributed by atoms with E-state index in [0.717, 1.165) is 0 Å². The second kappa shape index (κ2) is 5.00. The number of benzene rings is 1. The van der Waals surface area contributed by atoms with Gasteiger partial charge in [0, 0.05) is 7.05 Å². The SMILES string of the molecule is Cc1nn(C)c(Oc2ccc(F)cc2Br)c1C(=O)O. The Labute approximate surface area is 116 Å². The molecule has 2 aromatic rings. The number of carboxylic acids is 1. The van der Waals surface area contributed by atoms with Crippen LogP contribution in [0.3, 0.4) is 0 Å². The molecule has 0 unspecified atom stereocenters. The largest absolute Gasteiger partial charge is 0.477 e. The standard InChI is InChI=1S/C12H10BrFN2O3/c1-6-10(12(17)18)11(16(2)15-6)19-9-4-3-7(14)5-8(9)13/h3-5H,1-2H3,(H,17,18). The minimum atomic E-state index is -1.13. The van der Waals surface area contributed by atoms with Crippen molar-refractivity contribution in [2.75, 3.05) is 0 Å². The lowest BCUT2D eigenvalue weighted by atomic mass is 10.2. The Morgan fingerprint density at radius 2 is 2.21 bits per heavy atom. The van der Waals surface area contributed by atoms with Gasteiger partial charge in [-0.15, -0.1) is 0 Å². The molecule has 5 nitrogen and oxygen atoms in total. The molecule has 0 atom stereocenters. The van der Waals surface area contributed by atoms with Gasteiger partial charge in [0.1, 0.15) is 17.1 Å². The van der Waals surface area contributed by atoms with Crippen LogP contribution >= 0.6 is 15.9 Å². The number of nitrogens with zero attached hydrogens (tertiary/aromatic N) is 2. The van der Waals surface area contributed by atoms with Gasteiger partial charge < -0.3 is 9.84 Å². The van der Waals surface area contributed by atoms with Crippen LogP contribution in [0.15, 0.2) is 22.7 Å². The summed E-state index contributed by atoms with van der Waals surface area (Å²) in [5.41, 5.74) is 0.335. The molecular weight excluding hydrogens is 319 g/mol. The highest BCUT2D eigenvalue weighted by Crippen LogP contribution is 2.32. The summed E-state index contributed by atoms with van der Waals surface area (Å²) in [6.45, 7) is 1.58. The number of carbonyl (C=O) groups is 1. The average molecular weight is 329 g/mol. The quantitative estimate of drug-likeness (QED) is 0.940.